The average molecular weight is 277 g/mol. The van der Waals surface area contributed by atoms with Crippen LogP contribution in [0.25, 0.3) is 21.7 Å². The number of benzene rings is 1. The number of hydrogen-bond donors (Lipinski definition) is 2. The van der Waals surface area contributed by atoms with Gasteiger partial charge in [0.2, 0.25) is 0 Å². The lowest BCUT2D eigenvalue weighted by Crippen LogP contribution is -2.18. The smallest absolute Gasteiger partial charge is 0.134 e. The Morgan fingerprint density at radius 3 is 2.86 bits per heavy atom. The number of anilines is 1. The van der Waals surface area contributed by atoms with Gasteiger partial charge in [0.25, 0.3) is 0 Å². The van der Waals surface area contributed by atoms with Crippen molar-refractivity contribution in [2.45, 2.75) is 0 Å². The summed E-state index contributed by atoms with van der Waals surface area (Å²) in [4.78, 5) is 8.88. The number of hydrogen-bond acceptors (Lipinski definition) is 5. The second-order valence-corrected chi connectivity index (χ2v) is 4.76. The summed E-state index contributed by atoms with van der Waals surface area (Å²) in [6.45, 7) is 1.63. The van der Waals surface area contributed by atoms with E-state index in [0.717, 1.165) is 40.6 Å². The molecule has 0 bridgehead atoms. The van der Waals surface area contributed by atoms with Gasteiger partial charge in [-0.2, -0.15) is 5.26 Å². The largest absolute Gasteiger partial charge is 0.368 e. The molecule has 2 heterocycles. The predicted molar refractivity (Wildman–Crippen MR) is 84.2 cm³/mol. The van der Waals surface area contributed by atoms with E-state index in [4.69, 9.17) is 5.26 Å². The molecule has 0 aliphatic carbocycles. The standard InChI is InChI=1S/C16H15N5/c1-18-6-7-20-16-13-4-5-19-10-14(13)12-3-2-11(9-17)8-15(12)21-16/h2-5,8,10,18H,6-7H2,1H3,(H,20,21). The summed E-state index contributed by atoms with van der Waals surface area (Å²) in [7, 11) is 1.91. The Morgan fingerprint density at radius 2 is 2.05 bits per heavy atom. The molecule has 0 aliphatic rings. The number of pyridine rings is 2. The molecule has 2 N–H and O–H groups in total. The minimum atomic E-state index is 0.611. The SMILES string of the molecule is CNCCNc1nc2cc(C#N)ccc2c2cnccc12. The first kappa shape index (κ1) is 13.3. The fraction of sp³-hybridized carbons (Fsp3) is 0.188. The topological polar surface area (TPSA) is 73.6 Å². The summed E-state index contributed by atoms with van der Waals surface area (Å²) < 4.78 is 0. The second kappa shape index (κ2) is 5.73. The highest BCUT2D eigenvalue weighted by Gasteiger charge is 2.08. The van der Waals surface area contributed by atoms with Gasteiger partial charge in [-0.1, -0.05) is 6.07 Å². The van der Waals surface area contributed by atoms with Gasteiger partial charge in [-0.05, 0) is 25.2 Å². The minimum absolute atomic E-state index is 0.611. The van der Waals surface area contributed by atoms with Crippen molar-refractivity contribution in [2.24, 2.45) is 0 Å². The van der Waals surface area contributed by atoms with Crippen molar-refractivity contribution in [1.29, 1.82) is 5.26 Å². The van der Waals surface area contributed by atoms with E-state index < -0.39 is 0 Å². The van der Waals surface area contributed by atoms with E-state index in [2.05, 4.69) is 26.7 Å². The first-order valence-corrected chi connectivity index (χ1v) is 6.79. The Hall–Kier alpha value is -2.71. The summed E-state index contributed by atoms with van der Waals surface area (Å²) in [5.74, 6) is 0.824. The lowest BCUT2D eigenvalue weighted by Gasteiger charge is -2.11. The van der Waals surface area contributed by atoms with Gasteiger partial charge in [-0.25, -0.2) is 4.98 Å². The van der Waals surface area contributed by atoms with E-state index in [9.17, 15) is 0 Å². The van der Waals surface area contributed by atoms with Crippen LogP contribution in [-0.4, -0.2) is 30.1 Å². The Bertz CT molecular complexity index is 835. The zero-order valence-electron chi connectivity index (χ0n) is 11.7. The predicted octanol–water partition coefficient (Wildman–Crippen LogP) is 2.29. The third-order valence-corrected chi connectivity index (χ3v) is 3.39. The molecular weight excluding hydrogens is 262 g/mol. The van der Waals surface area contributed by atoms with E-state index in [0.29, 0.717) is 5.56 Å². The number of nitrogens with one attached hydrogen (secondary N) is 2. The lowest BCUT2D eigenvalue weighted by molar-refractivity contribution is 0.822. The fourth-order valence-corrected chi connectivity index (χ4v) is 2.36. The van der Waals surface area contributed by atoms with Crippen LogP contribution in [0.2, 0.25) is 0 Å². The minimum Gasteiger partial charge on any atom is -0.368 e. The molecule has 0 unspecified atom stereocenters. The Balaban J connectivity index is 2.21. The number of nitriles is 1. The zero-order valence-corrected chi connectivity index (χ0v) is 11.7. The highest BCUT2D eigenvalue weighted by molar-refractivity contribution is 6.09. The van der Waals surface area contributed by atoms with Crippen molar-refractivity contribution in [1.82, 2.24) is 15.3 Å². The maximum Gasteiger partial charge on any atom is 0.134 e. The number of fused-ring (bicyclic) bond motifs is 3. The molecule has 0 spiro atoms. The monoisotopic (exact) mass is 277 g/mol. The van der Waals surface area contributed by atoms with E-state index in [1.807, 2.05) is 37.5 Å². The van der Waals surface area contributed by atoms with Crippen LogP contribution in [0.5, 0.6) is 0 Å². The molecule has 0 atom stereocenters. The van der Waals surface area contributed by atoms with Gasteiger partial charge in [0.05, 0.1) is 17.1 Å². The zero-order chi connectivity index (χ0) is 14.7. The summed E-state index contributed by atoms with van der Waals surface area (Å²) in [6, 6.07) is 9.67. The molecule has 5 heteroatoms. The Morgan fingerprint density at radius 1 is 1.14 bits per heavy atom. The van der Waals surface area contributed by atoms with Crippen molar-refractivity contribution in [3.8, 4) is 6.07 Å². The summed E-state index contributed by atoms with van der Waals surface area (Å²) in [5, 5.41) is 18.6. The normalized spacial score (nSPS) is 10.7. The van der Waals surface area contributed by atoms with Crippen LogP contribution in [0.15, 0.2) is 36.7 Å². The van der Waals surface area contributed by atoms with Gasteiger partial charge < -0.3 is 10.6 Å². The van der Waals surface area contributed by atoms with Crippen LogP contribution in [-0.2, 0) is 0 Å². The molecule has 1 aromatic carbocycles. The molecule has 21 heavy (non-hydrogen) atoms. The third kappa shape index (κ3) is 2.49. The average Bonchev–Trinajstić information content (AvgIpc) is 2.54. The molecule has 0 saturated heterocycles. The summed E-state index contributed by atoms with van der Waals surface area (Å²) >= 11 is 0. The number of aromatic nitrogens is 2. The van der Waals surface area contributed by atoms with Gasteiger partial charge >= 0.3 is 0 Å². The van der Waals surface area contributed by atoms with E-state index in [1.54, 1.807) is 6.20 Å². The van der Waals surface area contributed by atoms with E-state index in [1.165, 1.54) is 0 Å². The van der Waals surface area contributed by atoms with Gasteiger partial charge in [-0.3, -0.25) is 4.98 Å². The molecular formula is C16H15N5. The molecule has 3 aromatic rings. The maximum atomic E-state index is 9.04. The van der Waals surface area contributed by atoms with Gasteiger partial charge in [0.1, 0.15) is 5.82 Å². The third-order valence-electron chi connectivity index (χ3n) is 3.39. The Labute approximate surface area is 122 Å². The van der Waals surface area contributed by atoms with E-state index >= 15 is 0 Å². The second-order valence-electron chi connectivity index (χ2n) is 4.76. The van der Waals surface area contributed by atoms with Crippen LogP contribution in [0.4, 0.5) is 5.82 Å². The van der Waals surface area contributed by atoms with Crippen LogP contribution in [0.3, 0.4) is 0 Å². The molecule has 3 rings (SSSR count). The number of likely N-dealkylation sites (N-methyl/N-ethyl adjacent to an activating group) is 1. The molecule has 104 valence electrons. The highest BCUT2D eigenvalue weighted by atomic mass is 15.0. The van der Waals surface area contributed by atoms with Crippen molar-refractivity contribution in [3.63, 3.8) is 0 Å². The first-order chi connectivity index (χ1) is 10.3. The Kier molecular flexibility index (Phi) is 3.63. The molecule has 5 nitrogen and oxygen atoms in total. The fourth-order valence-electron chi connectivity index (χ4n) is 2.36. The quantitative estimate of drug-likeness (QED) is 0.565. The van der Waals surface area contributed by atoms with Crippen molar-refractivity contribution in [2.75, 3.05) is 25.5 Å². The molecule has 0 radical (unpaired) electrons. The molecule has 0 amide bonds. The van der Waals surface area contributed by atoms with Crippen molar-refractivity contribution >= 4 is 27.5 Å². The molecule has 0 aliphatic heterocycles. The van der Waals surface area contributed by atoms with Crippen LogP contribution in [0, 0.1) is 11.3 Å². The van der Waals surface area contributed by atoms with E-state index in [-0.39, 0.29) is 0 Å². The number of nitrogens with zero attached hydrogens (tertiary/aromatic N) is 3. The van der Waals surface area contributed by atoms with Crippen LogP contribution in [0.1, 0.15) is 5.56 Å². The molecule has 2 aromatic heterocycles. The van der Waals surface area contributed by atoms with Crippen molar-refractivity contribution in [3.05, 3.63) is 42.2 Å². The summed E-state index contributed by atoms with van der Waals surface area (Å²) in [5.41, 5.74) is 1.42. The van der Waals surface area contributed by atoms with Gasteiger partial charge in [0, 0.05) is 41.6 Å². The number of rotatable bonds is 4. The molecule has 0 saturated carbocycles. The first-order valence-electron chi connectivity index (χ1n) is 6.79. The highest BCUT2D eigenvalue weighted by Crippen LogP contribution is 2.28. The maximum absolute atomic E-state index is 9.04. The van der Waals surface area contributed by atoms with Gasteiger partial charge in [-0.15, -0.1) is 0 Å². The van der Waals surface area contributed by atoms with Crippen LogP contribution < -0.4 is 10.6 Å². The van der Waals surface area contributed by atoms with Crippen molar-refractivity contribution < 1.29 is 0 Å². The van der Waals surface area contributed by atoms with Gasteiger partial charge in [0.15, 0.2) is 0 Å². The summed E-state index contributed by atoms with van der Waals surface area (Å²) in [6.07, 6.45) is 3.61. The molecule has 0 fully saturated rings. The lowest BCUT2D eigenvalue weighted by atomic mass is 10.1. The van der Waals surface area contributed by atoms with Crippen LogP contribution >= 0.6 is 0 Å².